The maximum Gasteiger partial charge on any atom is 0.352 e. The molecule has 0 radical (unpaired) electrons. The van der Waals surface area contributed by atoms with Gasteiger partial charge in [0.25, 0.3) is 0 Å². The number of carboxylic acids is 1. The summed E-state index contributed by atoms with van der Waals surface area (Å²) < 4.78 is 0. The van der Waals surface area contributed by atoms with Crippen molar-refractivity contribution in [3.63, 3.8) is 0 Å². The number of hydrogen-bond acceptors (Lipinski definition) is 2. The zero-order chi connectivity index (χ0) is 8.85. The fourth-order valence-corrected chi connectivity index (χ4v) is 0.529. The van der Waals surface area contributed by atoms with Crippen LogP contribution in [0.1, 0.15) is 13.3 Å². The molecule has 0 saturated heterocycles. The number of aliphatic carboxylic acids is 1. The highest BCUT2D eigenvalue weighted by molar-refractivity contribution is 5.91. The molecule has 0 fully saturated rings. The summed E-state index contributed by atoms with van der Waals surface area (Å²) in [5.41, 5.74) is 4.53. The maximum absolute atomic E-state index is 10.3. The molecule has 0 aliphatic rings. The lowest BCUT2D eigenvalue weighted by molar-refractivity contribution is -0.133. The van der Waals surface area contributed by atoms with E-state index in [0.717, 1.165) is 0 Å². The lowest BCUT2D eigenvalue weighted by atomic mass is 10.3. The monoisotopic (exact) mass is 158 g/mol. The molecule has 0 bridgehead atoms. The number of primary amides is 1. The second-order valence-corrected chi connectivity index (χ2v) is 1.82. The average molecular weight is 158 g/mol. The lowest BCUT2D eigenvalue weighted by Crippen LogP contribution is -2.31. The van der Waals surface area contributed by atoms with Crippen molar-refractivity contribution in [3.8, 4) is 0 Å². The normalized spacial score (nSPS) is 10.8. The first-order chi connectivity index (χ1) is 5.07. The fraction of sp³-hybridized carbons (Fsp3) is 0.333. The van der Waals surface area contributed by atoms with Gasteiger partial charge in [-0.25, -0.2) is 9.59 Å². The van der Waals surface area contributed by atoms with Crippen LogP contribution in [-0.2, 0) is 4.79 Å². The highest BCUT2D eigenvalue weighted by Gasteiger charge is 2.06. The Morgan fingerprint density at radius 3 is 2.45 bits per heavy atom. The first-order valence-electron chi connectivity index (χ1n) is 3.07. The predicted molar refractivity (Wildman–Crippen MR) is 38.7 cm³/mol. The third kappa shape index (κ3) is 3.96. The molecule has 0 aromatic carbocycles. The molecule has 5 nitrogen and oxygen atoms in total. The van der Waals surface area contributed by atoms with E-state index in [-0.39, 0.29) is 5.70 Å². The summed E-state index contributed by atoms with van der Waals surface area (Å²) in [5.74, 6) is -1.19. The lowest BCUT2D eigenvalue weighted by Gasteiger charge is -2.00. The third-order valence-electron chi connectivity index (χ3n) is 0.897. The molecular weight excluding hydrogens is 148 g/mol. The van der Waals surface area contributed by atoms with Gasteiger partial charge in [0.15, 0.2) is 0 Å². The number of carboxylic acid groups (broad SMARTS) is 1. The van der Waals surface area contributed by atoms with Crippen LogP contribution in [0.3, 0.4) is 0 Å². The summed E-state index contributed by atoms with van der Waals surface area (Å²) in [5, 5.41) is 10.4. The second kappa shape index (κ2) is 4.32. The van der Waals surface area contributed by atoms with Crippen LogP contribution in [0.25, 0.3) is 0 Å². The van der Waals surface area contributed by atoms with Gasteiger partial charge in [0.05, 0.1) is 0 Å². The Morgan fingerprint density at radius 1 is 1.64 bits per heavy atom. The van der Waals surface area contributed by atoms with Gasteiger partial charge in [-0.15, -0.1) is 0 Å². The smallest absolute Gasteiger partial charge is 0.352 e. The number of nitrogens with one attached hydrogen (secondary N) is 1. The van der Waals surface area contributed by atoms with Crippen LogP contribution in [0.4, 0.5) is 4.79 Å². The van der Waals surface area contributed by atoms with Crippen LogP contribution < -0.4 is 11.1 Å². The largest absolute Gasteiger partial charge is 0.477 e. The van der Waals surface area contributed by atoms with Gasteiger partial charge in [-0.1, -0.05) is 13.0 Å². The van der Waals surface area contributed by atoms with Crippen LogP contribution in [0.2, 0.25) is 0 Å². The summed E-state index contributed by atoms with van der Waals surface area (Å²) in [7, 11) is 0. The van der Waals surface area contributed by atoms with E-state index in [1.165, 1.54) is 6.08 Å². The minimum absolute atomic E-state index is 0.181. The third-order valence-corrected chi connectivity index (χ3v) is 0.897. The van der Waals surface area contributed by atoms with Gasteiger partial charge in [-0.3, -0.25) is 0 Å². The summed E-state index contributed by atoms with van der Waals surface area (Å²) in [6.07, 6.45) is 1.90. The van der Waals surface area contributed by atoms with E-state index in [9.17, 15) is 9.59 Å². The van der Waals surface area contributed by atoms with Gasteiger partial charge in [0, 0.05) is 0 Å². The molecule has 11 heavy (non-hydrogen) atoms. The number of rotatable bonds is 3. The van der Waals surface area contributed by atoms with E-state index in [1.807, 2.05) is 5.32 Å². The molecule has 62 valence electrons. The van der Waals surface area contributed by atoms with E-state index >= 15 is 0 Å². The van der Waals surface area contributed by atoms with Gasteiger partial charge in [-0.05, 0) is 6.42 Å². The zero-order valence-corrected chi connectivity index (χ0v) is 6.13. The van der Waals surface area contributed by atoms with E-state index in [0.29, 0.717) is 6.42 Å². The van der Waals surface area contributed by atoms with Crippen molar-refractivity contribution < 1.29 is 14.7 Å². The van der Waals surface area contributed by atoms with Crippen molar-refractivity contribution in [2.75, 3.05) is 0 Å². The summed E-state index contributed by atoms with van der Waals surface area (Å²) in [4.78, 5) is 20.5. The van der Waals surface area contributed by atoms with Gasteiger partial charge >= 0.3 is 12.0 Å². The molecule has 0 aromatic rings. The molecule has 5 heteroatoms. The SMILES string of the molecule is CC/C=C(/NC(N)=O)C(=O)O. The van der Waals surface area contributed by atoms with E-state index in [2.05, 4.69) is 0 Å². The van der Waals surface area contributed by atoms with E-state index in [1.54, 1.807) is 6.92 Å². The van der Waals surface area contributed by atoms with Gasteiger partial charge in [-0.2, -0.15) is 0 Å². The number of carbonyl (C=O) groups is 2. The quantitative estimate of drug-likeness (QED) is 0.506. The van der Waals surface area contributed by atoms with E-state index in [4.69, 9.17) is 10.8 Å². The second-order valence-electron chi connectivity index (χ2n) is 1.82. The molecule has 0 aliphatic heterocycles. The number of urea groups is 1. The summed E-state index contributed by atoms with van der Waals surface area (Å²) >= 11 is 0. The fourth-order valence-electron chi connectivity index (χ4n) is 0.529. The first-order valence-corrected chi connectivity index (χ1v) is 3.07. The number of allylic oxidation sites excluding steroid dienone is 1. The van der Waals surface area contributed by atoms with Crippen molar-refractivity contribution >= 4 is 12.0 Å². The molecule has 0 spiro atoms. The van der Waals surface area contributed by atoms with E-state index < -0.39 is 12.0 Å². The summed E-state index contributed by atoms with van der Waals surface area (Å²) in [6, 6.07) is -0.868. The zero-order valence-electron chi connectivity index (χ0n) is 6.13. The van der Waals surface area contributed by atoms with Crippen molar-refractivity contribution in [2.24, 2.45) is 5.73 Å². The van der Waals surface area contributed by atoms with Crippen LogP contribution in [0.15, 0.2) is 11.8 Å². The number of nitrogens with two attached hydrogens (primary N) is 1. The van der Waals surface area contributed by atoms with Crippen LogP contribution in [0, 0.1) is 0 Å². The molecule has 2 amide bonds. The highest BCUT2D eigenvalue weighted by atomic mass is 16.4. The van der Waals surface area contributed by atoms with Gasteiger partial charge in [0.2, 0.25) is 0 Å². The molecule has 0 unspecified atom stereocenters. The summed E-state index contributed by atoms with van der Waals surface area (Å²) in [6.45, 7) is 1.76. The van der Waals surface area contributed by atoms with Crippen molar-refractivity contribution in [1.82, 2.24) is 5.32 Å². The Kier molecular flexibility index (Phi) is 3.72. The minimum atomic E-state index is -1.19. The maximum atomic E-state index is 10.3. The Balaban J connectivity index is 4.23. The Labute approximate surface area is 63.9 Å². The molecule has 0 aromatic heterocycles. The Bertz CT molecular complexity index is 198. The minimum Gasteiger partial charge on any atom is -0.477 e. The molecule has 4 N–H and O–H groups in total. The Hall–Kier alpha value is -1.52. The number of amides is 2. The number of hydrogen-bond donors (Lipinski definition) is 3. The van der Waals surface area contributed by atoms with Crippen LogP contribution >= 0.6 is 0 Å². The average Bonchev–Trinajstić information content (AvgIpc) is 1.86. The molecule has 0 rings (SSSR count). The van der Waals surface area contributed by atoms with Crippen LogP contribution in [0.5, 0.6) is 0 Å². The molecular formula is C6H10N2O3. The molecule has 0 heterocycles. The van der Waals surface area contributed by atoms with Crippen molar-refractivity contribution in [1.29, 1.82) is 0 Å². The topological polar surface area (TPSA) is 92.4 Å². The predicted octanol–water partition coefficient (Wildman–Crippen LogP) is 0.0332. The van der Waals surface area contributed by atoms with Crippen LogP contribution in [-0.4, -0.2) is 17.1 Å². The highest BCUT2D eigenvalue weighted by Crippen LogP contribution is 1.91. The molecule has 0 atom stereocenters. The molecule has 0 saturated carbocycles. The molecule has 0 aliphatic carbocycles. The van der Waals surface area contributed by atoms with Crippen molar-refractivity contribution in [3.05, 3.63) is 11.8 Å². The van der Waals surface area contributed by atoms with Gasteiger partial charge < -0.3 is 16.2 Å². The van der Waals surface area contributed by atoms with Crippen molar-refractivity contribution in [2.45, 2.75) is 13.3 Å². The van der Waals surface area contributed by atoms with Gasteiger partial charge in [0.1, 0.15) is 5.70 Å². The first kappa shape index (κ1) is 9.48. The Morgan fingerprint density at radius 2 is 2.18 bits per heavy atom. The number of carbonyl (C=O) groups excluding carboxylic acids is 1. The standard InChI is InChI=1S/C6H10N2O3/c1-2-3-4(5(9)10)8-6(7)11/h3H,2H2,1H3,(H,9,10)(H3,7,8,11)/b4-3+.